The lowest BCUT2D eigenvalue weighted by Gasteiger charge is -2.04. The molecule has 0 radical (unpaired) electrons. The molecule has 0 atom stereocenters. The lowest BCUT2D eigenvalue weighted by Crippen LogP contribution is -2.25. The summed E-state index contributed by atoms with van der Waals surface area (Å²) in [6.45, 7) is 0.122. The summed E-state index contributed by atoms with van der Waals surface area (Å²) in [5, 5.41) is 4.56. The maximum atomic E-state index is 13.2. The van der Waals surface area contributed by atoms with Crippen molar-refractivity contribution in [1.29, 1.82) is 0 Å². The van der Waals surface area contributed by atoms with Crippen LogP contribution in [-0.2, 0) is 17.8 Å². The number of aromatic nitrogens is 1. The number of nitrogens with zero attached hydrogens (tertiary/aromatic N) is 1. The third-order valence-corrected chi connectivity index (χ3v) is 3.08. The topological polar surface area (TPSA) is 42.0 Å². The molecular formula is C12H11FN2OS. The average Bonchev–Trinajstić information content (AvgIpc) is 2.81. The van der Waals surface area contributed by atoms with Gasteiger partial charge in [0.25, 0.3) is 0 Å². The minimum absolute atomic E-state index is 0.122. The highest BCUT2D eigenvalue weighted by atomic mass is 32.1. The molecule has 0 saturated heterocycles. The van der Waals surface area contributed by atoms with Crippen molar-refractivity contribution in [2.24, 2.45) is 0 Å². The molecule has 0 saturated carbocycles. The van der Waals surface area contributed by atoms with Crippen LogP contribution >= 0.6 is 11.3 Å². The molecule has 2 aromatic heterocycles. The van der Waals surface area contributed by atoms with Crippen molar-refractivity contribution in [3.63, 3.8) is 0 Å². The van der Waals surface area contributed by atoms with Crippen LogP contribution in [0, 0.1) is 5.82 Å². The van der Waals surface area contributed by atoms with Gasteiger partial charge in [0.15, 0.2) is 0 Å². The highest BCUT2D eigenvalue weighted by Gasteiger charge is 2.06. The van der Waals surface area contributed by atoms with Crippen molar-refractivity contribution >= 4 is 17.2 Å². The number of thiophene rings is 1. The van der Waals surface area contributed by atoms with Crippen molar-refractivity contribution in [2.75, 3.05) is 0 Å². The summed E-state index contributed by atoms with van der Waals surface area (Å²) in [4.78, 5) is 16.4. The number of carbonyl (C=O) groups excluding carboxylic acids is 1. The SMILES string of the molecule is O=C(Cc1cccs1)NCc1ncccc1F. The maximum absolute atomic E-state index is 13.2. The Morgan fingerprint density at radius 1 is 1.41 bits per heavy atom. The van der Waals surface area contributed by atoms with Gasteiger partial charge in [0.1, 0.15) is 5.82 Å². The van der Waals surface area contributed by atoms with E-state index in [0.29, 0.717) is 6.42 Å². The fraction of sp³-hybridized carbons (Fsp3) is 0.167. The number of pyridine rings is 1. The zero-order valence-corrected chi connectivity index (χ0v) is 9.84. The molecule has 5 heteroatoms. The largest absolute Gasteiger partial charge is 0.350 e. The molecule has 1 amide bonds. The molecule has 0 unspecified atom stereocenters. The van der Waals surface area contributed by atoms with Gasteiger partial charge in [-0.3, -0.25) is 9.78 Å². The molecular weight excluding hydrogens is 239 g/mol. The van der Waals surface area contributed by atoms with E-state index in [0.717, 1.165) is 4.88 Å². The molecule has 0 bridgehead atoms. The zero-order valence-electron chi connectivity index (χ0n) is 9.02. The highest BCUT2D eigenvalue weighted by molar-refractivity contribution is 7.10. The van der Waals surface area contributed by atoms with E-state index >= 15 is 0 Å². The van der Waals surface area contributed by atoms with Crippen LogP contribution in [0.15, 0.2) is 35.8 Å². The molecule has 0 aromatic carbocycles. The van der Waals surface area contributed by atoms with Crippen LogP contribution < -0.4 is 5.32 Å². The summed E-state index contributed by atoms with van der Waals surface area (Å²) in [5.41, 5.74) is 0.257. The van der Waals surface area contributed by atoms with E-state index in [2.05, 4.69) is 10.3 Å². The Bertz CT molecular complexity index is 499. The van der Waals surface area contributed by atoms with Gasteiger partial charge in [0.2, 0.25) is 5.91 Å². The number of halogens is 1. The second-order valence-corrected chi connectivity index (χ2v) is 4.50. The lowest BCUT2D eigenvalue weighted by atomic mass is 10.3. The first kappa shape index (κ1) is 11.7. The summed E-state index contributed by atoms with van der Waals surface area (Å²) in [5.74, 6) is -0.526. The molecule has 2 heterocycles. The first-order valence-electron chi connectivity index (χ1n) is 5.14. The Balaban J connectivity index is 1.86. The summed E-state index contributed by atoms with van der Waals surface area (Å²) in [7, 11) is 0. The second kappa shape index (κ2) is 5.54. The molecule has 2 rings (SSSR count). The molecule has 2 aromatic rings. The van der Waals surface area contributed by atoms with Gasteiger partial charge in [0.05, 0.1) is 18.7 Å². The third kappa shape index (κ3) is 3.35. The van der Waals surface area contributed by atoms with E-state index in [9.17, 15) is 9.18 Å². The Labute approximate surface area is 102 Å². The van der Waals surface area contributed by atoms with Gasteiger partial charge < -0.3 is 5.32 Å². The second-order valence-electron chi connectivity index (χ2n) is 3.46. The summed E-state index contributed by atoms with van der Waals surface area (Å²) >= 11 is 1.53. The van der Waals surface area contributed by atoms with Crippen LogP contribution in [0.5, 0.6) is 0 Å². The van der Waals surface area contributed by atoms with Crippen LogP contribution in [0.1, 0.15) is 10.6 Å². The quantitative estimate of drug-likeness (QED) is 0.903. The first-order valence-corrected chi connectivity index (χ1v) is 6.02. The molecule has 0 fully saturated rings. The van der Waals surface area contributed by atoms with E-state index in [-0.39, 0.29) is 18.1 Å². The number of amides is 1. The molecule has 88 valence electrons. The number of hydrogen-bond donors (Lipinski definition) is 1. The smallest absolute Gasteiger partial charge is 0.225 e. The Morgan fingerprint density at radius 3 is 3.00 bits per heavy atom. The zero-order chi connectivity index (χ0) is 12.1. The minimum atomic E-state index is -0.399. The number of rotatable bonds is 4. The number of hydrogen-bond acceptors (Lipinski definition) is 3. The standard InChI is InChI=1S/C12H11FN2OS/c13-10-4-1-5-14-11(10)8-15-12(16)7-9-3-2-6-17-9/h1-6H,7-8H2,(H,15,16). The first-order chi connectivity index (χ1) is 8.25. The fourth-order valence-electron chi connectivity index (χ4n) is 1.36. The number of carbonyl (C=O) groups is 1. The summed E-state index contributed by atoms with van der Waals surface area (Å²) < 4.78 is 13.2. The summed E-state index contributed by atoms with van der Waals surface area (Å²) in [6.07, 6.45) is 1.83. The van der Waals surface area contributed by atoms with Crippen LogP contribution in [0.25, 0.3) is 0 Å². The summed E-state index contributed by atoms with van der Waals surface area (Å²) in [6, 6.07) is 6.64. The third-order valence-electron chi connectivity index (χ3n) is 2.20. The molecule has 0 spiro atoms. The molecule has 3 nitrogen and oxygen atoms in total. The average molecular weight is 250 g/mol. The van der Waals surface area contributed by atoms with Gasteiger partial charge in [-0.25, -0.2) is 4.39 Å². The van der Waals surface area contributed by atoms with Crippen molar-refractivity contribution in [1.82, 2.24) is 10.3 Å². The predicted octanol–water partition coefficient (Wildman–Crippen LogP) is 2.14. The van der Waals surface area contributed by atoms with Crippen LogP contribution in [0.4, 0.5) is 4.39 Å². The van der Waals surface area contributed by atoms with E-state index in [1.54, 1.807) is 0 Å². The van der Waals surface area contributed by atoms with E-state index in [4.69, 9.17) is 0 Å². The fourth-order valence-corrected chi connectivity index (χ4v) is 2.07. The van der Waals surface area contributed by atoms with Crippen molar-refractivity contribution in [3.05, 3.63) is 52.2 Å². The van der Waals surface area contributed by atoms with Crippen molar-refractivity contribution < 1.29 is 9.18 Å². The normalized spacial score (nSPS) is 10.2. The van der Waals surface area contributed by atoms with Gasteiger partial charge >= 0.3 is 0 Å². The molecule has 0 aliphatic heterocycles. The predicted molar refractivity (Wildman–Crippen MR) is 64.1 cm³/mol. The van der Waals surface area contributed by atoms with Gasteiger partial charge in [0, 0.05) is 11.1 Å². The van der Waals surface area contributed by atoms with Gasteiger partial charge in [-0.15, -0.1) is 11.3 Å². The van der Waals surface area contributed by atoms with Gasteiger partial charge in [-0.05, 0) is 23.6 Å². The van der Waals surface area contributed by atoms with E-state index in [1.165, 1.54) is 29.7 Å². The van der Waals surface area contributed by atoms with Crippen molar-refractivity contribution in [2.45, 2.75) is 13.0 Å². The van der Waals surface area contributed by atoms with E-state index < -0.39 is 5.82 Å². The van der Waals surface area contributed by atoms with Crippen molar-refractivity contribution in [3.8, 4) is 0 Å². The molecule has 0 aliphatic carbocycles. The monoisotopic (exact) mass is 250 g/mol. The van der Waals surface area contributed by atoms with Crippen LogP contribution in [-0.4, -0.2) is 10.9 Å². The Hall–Kier alpha value is -1.75. The number of nitrogens with one attached hydrogen (secondary N) is 1. The van der Waals surface area contributed by atoms with Crippen LogP contribution in [0.2, 0.25) is 0 Å². The minimum Gasteiger partial charge on any atom is -0.350 e. The lowest BCUT2D eigenvalue weighted by molar-refractivity contribution is -0.120. The Kier molecular flexibility index (Phi) is 3.82. The molecule has 0 aliphatic rings. The highest BCUT2D eigenvalue weighted by Crippen LogP contribution is 2.09. The van der Waals surface area contributed by atoms with Crippen LogP contribution in [0.3, 0.4) is 0 Å². The molecule has 1 N–H and O–H groups in total. The van der Waals surface area contributed by atoms with Gasteiger partial charge in [-0.2, -0.15) is 0 Å². The van der Waals surface area contributed by atoms with Gasteiger partial charge in [-0.1, -0.05) is 6.07 Å². The molecule has 17 heavy (non-hydrogen) atoms. The maximum Gasteiger partial charge on any atom is 0.225 e. The van der Waals surface area contributed by atoms with E-state index in [1.807, 2.05) is 17.5 Å². The Morgan fingerprint density at radius 2 is 2.29 bits per heavy atom.